The Bertz CT molecular complexity index is 387. The zero-order chi connectivity index (χ0) is 12.3. The van der Waals surface area contributed by atoms with Gasteiger partial charge in [-0.2, -0.15) is 0 Å². The molecule has 5 heteroatoms. The summed E-state index contributed by atoms with van der Waals surface area (Å²) >= 11 is 6.23. The third-order valence-electron chi connectivity index (χ3n) is 2.93. The molecule has 1 saturated heterocycles. The van der Waals surface area contributed by atoms with E-state index in [0.717, 1.165) is 17.8 Å². The van der Waals surface area contributed by atoms with E-state index in [2.05, 4.69) is 4.90 Å². The molecule has 1 fully saturated rings. The van der Waals surface area contributed by atoms with Crippen LogP contribution in [0.3, 0.4) is 0 Å². The summed E-state index contributed by atoms with van der Waals surface area (Å²) in [5.41, 5.74) is 7.56. The first kappa shape index (κ1) is 12.6. The molecule has 1 heterocycles. The number of hydrogen-bond acceptors (Lipinski definition) is 4. The Morgan fingerprint density at radius 2 is 2.35 bits per heavy atom. The molecule has 94 valence electrons. The predicted octanol–water partition coefficient (Wildman–Crippen LogP) is 0.996. The lowest BCUT2D eigenvalue weighted by Crippen LogP contribution is -2.44. The van der Waals surface area contributed by atoms with Crippen molar-refractivity contribution in [3.8, 4) is 0 Å². The molecule has 4 nitrogen and oxygen atoms in total. The monoisotopic (exact) mass is 256 g/mol. The maximum atomic E-state index is 9.11. The van der Waals surface area contributed by atoms with E-state index in [0.29, 0.717) is 24.7 Å². The van der Waals surface area contributed by atoms with Crippen molar-refractivity contribution < 1.29 is 9.84 Å². The molecule has 2 rings (SSSR count). The molecular weight excluding hydrogens is 240 g/mol. The highest BCUT2D eigenvalue weighted by molar-refractivity contribution is 6.33. The SMILES string of the molecule is NCc1ccc(N2CCOC(CO)C2)c(Cl)c1. The van der Waals surface area contributed by atoms with Crippen molar-refractivity contribution in [2.45, 2.75) is 12.6 Å². The standard InChI is InChI=1S/C12H17ClN2O2/c13-11-5-9(6-14)1-2-12(11)15-3-4-17-10(7-15)8-16/h1-2,5,10,16H,3-4,6-8,14H2. The molecule has 1 aromatic rings. The van der Waals surface area contributed by atoms with Crippen molar-refractivity contribution in [3.63, 3.8) is 0 Å². The van der Waals surface area contributed by atoms with E-state index in [1.165, 1.54) is 0 Å². The van der Waals surface area contributed by atoms with Crippen molar-refractivity contribution in [1.82, 2.24) is 0 Å². The van der Waals surface area contributed by atoms with Gasteiger partial charge in [0.05, 0.1) is 30.0 Å². The quantitative estimate of drug-likeness (QED) is 0.847. The van der Waals surface area contributed by atoms with Crippen molar-refractivity contribution in [2.24, 2.45) is 5.73 Å². The Balaban J connectivity index is 2.16. The second kappa shape index (κ2) is 5.69. The van der Waals surface area contributed by atoms with Crippen LogP contribution in [-0.4, -0.2) is 37.5 Å². The minimum atomic E-state index is -0.131. The van der Waals surface area contributed by atoms with Crippen molar-refractivity contribution in [3.05, 3.63) is 28.8 Å². The molecule has 3 N–H and O–H groups in total. The lowest BCUT2D eigenvalue weighted by molar-refractivity contribution is 0.00357. The minimum Gasteiger partial charge on any atom is -0.394 e. The number of hydrogen-bond donors (Lipinski definition) is 2. The van der Waals surface area contributed by atoms with E-state index < -0.39 is 0 Å². The van der Waals surface area contributed by atoms with Gasteiger partial charge in [-0.3, -0.25) is 0 Å². The van der Waals surface area contributed by atoms with E-state index in [1.54, 1.807) is 0 Å². The highest BCUT2D eigenvalue weighted by atomic mass is 35.5. The van der Waals surface area contributed by atoms with Gasteiger partial charge in [0.2, 0.25) is 0 Å². The fourth-order valence-corrected chi connectivity index (χ4v) is 2.31. The topological polar surface area (TPSA) is 58.7 Å². The lowest BCUT2D eigenvalue weighted by atomic mass is 10.1. The third-order valence-corrected chi connectivity index (χ3v) is 3.23. The maximum absolute atomic E-state index is 9.11. The van der Waals surface area contributed by atoms with E-state index in [9.17, 15) is 0 Å². The van der Waals surface area contributed by atoms with Gasteiger partial charge in [-0.05, 0) is 17.7 Å². The summed E-state index contributed by atoms with van der Waals surface area (Å²) in [6.07, 6.45) is -0.131. The molecule has 1 aromatic carbocycles. The molecule has 0 radical (unpaired) electrons. The largest absolute Gasteiger partial charge is 0.394 e. The fourth-order valence-electron chi connectivity index (χ4n) is 1.98. The van der Waals surface area contributed by atoms with Crippen LogP contribution in [0.4, 0.5) is 5.69 Å². The zero-order valence-corrected chi connectivity index (χ0v) is 10.4. The molecule has 1 aliphatic rings. The first-order chi connectivity index (χ1) is 8.24. The summed E-state index contributed by atoms with van der Waals surface area (Å²) in [6.45, 7) is 2.59. The Morgan fingerprint density at radius 1 is 1.53 bits per heavy atom. The van der Waals surface area contributed by atoms with E-state index in [4.69, 9.17) is 27.2 Å². The van der Waals surface area contributed by atoms with Crippen LogP contribution in [-0.2, 0) is 11.3 Å². The molecular formula is C12H17ClN2O2. The minimum absolute atomic E-state index is 0.0367. The van der Waals surface area contributed by atoms with Crippen LogP contribution in [0, 0.1) is 0 Å². The van der Waals surface area contributed by atoms with Gasteiger partial charge in [0.25, 0.3) is 0 Å². The molecule has 0 bridgehead atoms. The predicted molar refractivity (Wildman–Crippen MR) is 68.4 cm³/mol. The number of morpholine rings is 1. The number of anilines is 1. The smallest absolute Gasteiger partial charge is 0.0980 e. The number of benzene rings is 1. The summed E-state index contributed by atoms with van der Waals surface area (Å²) in [6, 6.07) is 5.84. The van der Waals surface area contributed by atoms with Crippen LogP contribution in [0.15, 0.2) is 18.2 Å². The van der Waals surface area contributed by atoms with Gasteiger partial charge in [-0.25, -0.2) is 0 Å². The maximum Gasteiger partial charge on any atom is 0.0980 e. The number of ether oxygens (including phenoxy) is 1. The number of halogens is 1. The summed E-state index contributed by atoms with van der Waals surface area (Å²) < 4.78 is 5.41. The molecule has 17 heavy (non-hydrogen) atoms. The van der Waals surface area contributed by atoms with Gasteiger partial charge >= 0.3 is 0 Å². The van der Waals surface area contributed by atoms with Crippen molar-refractivity contribution in [1.29, 1.82) is 0 Å². The van der Waals surface area contributed by atoms with Gasteiger partial charge < -0.3 is 20.5 Å². The molecule has 0 spiro atoms. The Morgan fingerprint density at radius 3 is 3.00 bits per heavy atom. The Hall–Kier alpha value is -0.810. The van der Waals surface area contributed by atoms with Crippen LogP contribution in [0.1, 0.15) is 5.56 Å². The van der Waals surface area contributed by atoms with Crippen LogP contribution in [0.5, 0.6) is 0 Å². The molecule has 0 aliphatic carbocycles. The number of nitrogens with zero attached hydrogens (tertiary/aromatic N) is 1. The van der Waals surface area contributed by atoms with Crippen molar-refractivity contribution in [2.75, 3.05) is 31.2 Å². The molecule has 0 aromatic heterocycles. The van der Waals surface area contributed by atoms with E-state index in [-0.39, 0.29) is 12.7 Å². The van der Waals surface area contributed by atoms with E-state index >= 15 is 0 Å². The Kier molecular flexibility index (Phi) is 4.23. The fraction of sp³-hybridized carbons (Fsp3) is 0.500. The summed E-state index contributed by atoms with van der Waals surface area (Å²) in [4.78, 5) is 2.13. The summed E-state index contributed by atoms with van der Waals surface area (Å²) in [7, 11) is 0. The Labute approximate surface area is 106 Å². The van der Waals surface area contributed by atoms with E-state index in [1.807, 2.05) is 18.2 Å². The highest BCUT2D eigenvalue weighted by Crippen LogP contribution is 2.28. The van der Waals surface area contributed by atoms with Crippen LogP contribution < -0.4 is 10.6 Å². The second-order valence-electron chi connectivity index (χ2n) is 4.11. The van der Waals surface area contributed by atoms with Crippen molar-refractivity contribution >= 4 is 17.3 Å². The van der Waals surface area contributed by atoms with Crippen LogP contribution in [0.2, 0.25) is 5.02 Å². The average molecular weight is 257 g/mol. The number of nitrogens with two attached hydrogens (primary N) is 1. The van der Waals surface area contributed by atoms with Gasteiger partial charge in [0.15, 0.2) is 0 Å². The molecule has 1 atom stereocenters. The zero-order valence-electron chi connectivity index (χ0n) is 9.60. The highest BCUT2D eigenvalue weighted by Gasteiger charge is 2.21. The van der Waals surface area contributed by atoms with Gasteiger partial charge in [-0.15, -0.1) is 0 Å². The number of rotatable bonds is 3. The summed E-state index contributed by atoms with van der Waals surface area (Å²) in [5.74, 6) is 0. The van der Waals surface area contributed by atoms with Gasteiger partial charge in [-0.1, -0.05) is 17.7 Å². The molecule has 1 aliphatic heterocycles. The second-order valence-corrected chi connectivity index (χ2v) is 4.52. The molecule has 1 unspecified atom stereocenters. The first-order valence-corrected chi connectivity index (χ1v) is 6.08. The molecule has 0 amide bonds. The van der Waals surface area contributed by atoms with Gasteiger partial charge in [0, 0.05) is 19.6 Å². The average Bonchev–Trinajstić information content (AvgIpc) is 2.38. The normalized spacial score (nSPS) is 20.6. The summed E-state index contributed by atoms with van der Waals surface area (Å²) in [5, 5.41) is 9.81. The van der Waals surface area contributed by atoms with Crippen LogP contribution >= 0.6 is 11.6 Å². The van der Waals surface area contributed by atoms with Gasteiger partial charge in [0.1, 0.15) is 0 Å². The number of aliphatic hydroxyl groups is 1. The third kappa shape index (κ3) is 2.90. The lowest BCUT2D eigenvalue weighted by Gasteiger charge is -2.34. The number of aliphatic hydroxyl groups excluding tert-OH is 1. The first-order valence-electron chi connectivity index (χ1n) is 5.70. The molecule has 0 saturated carbocycles. The van der Waals surface area contributed by atoms with Crippen LogP contribution in [0.25, 0.3) is 0 Å².